The summed E-state index contributed by atoms with van der Waals surface area (Å²) in [6.07, 6.45) is 0. The minimum Gasteiger partial charge on any atom is -0.489 e. The number of para-hydroxylation sites is 1. The van der Waals surface area contributed by atoms with Crippen LogP contribution in [-0.2, 0) is 18.0 Å². The van der Waals surface area contributed by atoms with E-state index in [1.807, 2.05) is 60.0 Å². The molecule has 0 aliphatic carbocycles. The normalized spacial score (nSPS) is 10.6. The summed E-state index contributed by atoms with van der Waals surface area (Å²) in [5.41, 5.74) is 4.51. The smallest absolute Gasteiger partial charge is 0.338 e. The molecule has 30 heavy (non-hydrogen) atoms. The highest BCUT2D eigenvalue weighted by Crippen LogP contribution is 2.24. The third kappa shape index (κ3) is 5.13. The van der Waals surface area contributed by atoms with Gasteiger partial charge in [-0.15, -0.1) is 11.3 Å². The highest BCUT2D eigenvalue weighted by molar-refractivity contribution is 7.13. The SMILES string of the molecule is Cc1ccc(-c2nc(COC(=O)c3ccc(COc4ccccc4)cc3)cs2)cc1. The summed E-state index contributed by atoms with van der Waals surface area (Å²) < 4.78 is 11.1. The lowest BCUT2D eigenvalue weighted by atomic mass is 10.1. The van der Waals surface area contributed by atoms with E-state index in [0.717, 1.165) is 27.6 Å². The van der Waals surface area contributed by atoms with Gasteiger partial charge in [0.1, 0.15) is 24.0 Å². The van der Waals surface area contributed by atoms with Crippen LogP contribution in [-0.4, -0.2) is 11.0 Å². The summed E-state index contributed by atoms with van der Waals surface area (Å²) in [4.78, 5) is 16.9. The first-order valence-corrected chi connectivity index (χ1v) is 10.5. The Kier molecular flexibility index (Phi) is 6.20. The van der Waals surface area contributed by atoms with Crippen LogP contribution in [0.15, 0.2) is 84.2 Å². The van der Waals surface area contributed by atoms with Crippen molar-refractivity contribution in [2.24, 2.45) is 0 Å². The molecule has 4 aromatic rings. The molecule has 0 N–H and O–H groups in total. The highest BCUT2D eigenvalue weighted by Gasteiger charge is 2.10. The summed E-state index contributed by atoms with van der Waals surface area (Å²) in [5, 5.41) is 2.84. The molecule has 1 heterocycles. The lowest BCUT2D eigenvalue weighted by Crippen LogP contribution is -2.06. The van der Waals surface area contributed by atoms with E-state index in [2.05, 4.69) is 24.0 Å². The Labute approximate surface area is 179 Å². The minimum atomic E-state index is -0.365. The predicted molar refractivity (Wildman–Crippen MR) is 119 cm³/mol. The fraction of sp³-hybridized carbons (Fsp3) is 0.120. The van der Waals surface area contributed by atoms with E-state index in [-0.39, 0.29) is 12.6 Å². The number of ether oxygens (including phenoxy) is 2. The summed E-state index contributed by atoms with van der Waals surface area (Å²) >= 11 is 1.55. The Hall–Kier alpha value is -3.44. The van der Waals surface area contributed by atoms with Gasteiger partial charge in [0, 0.05) is 10.9 Å². The first kappa shape index (κ1) is 19.9. The number of aromatic nitrogens is 1. The van der Waals surface area contributed by atoms with Gasteiger partial charge in [0.25, 0.3) is 0 Å². The Bertz CT molecular complexity index is 1100. The largest absolute Gasteiger partial charge is 0.489 e. The monoisotopic (exact) mass is 415 g/mol. The van der Waals surface area contributed by atoms with Crippen molar-refractivity contribution in [1.29, 1.82) is 0 Å². The van der Waals surface area contributed by atoms with Crippen LogP contribution in [0, 0.1) is 6.92 Å². The van der Waals surface area contributed by atoms with E-state index in [4.69, 9.17) is 9.47 Å². The molecule has 150 valence electrons. The zero-order chi connectivity index (χ0) is 20.8. The van der Waals surface area contributed by atoms with E-state index in [9.17, 15) is 4.79 Å². The second-order valence-electron chi connectivity index (χ2n) is 6.88. The van der Waals surface area contributed by atoms with Crippen LogP contribution in [0.3, 0.4) is 0 Å². The average Bonchev–Trinajstić information content (AvgIpc) is 3.27. The Balaban J connectivity index is 1.30. The summed E-state index contributed by atoms with van der Waals surface area (Å²) in [6, 6.07) is 25.1. The molecule has 0 spiro atoms. The van der Waals surface area contributed by atoms with E-state index < -0.39 is 0 Å². The van der Waals surface area contributed by atoms with Gasteiger partial charge in [0.15, 0.2) is 0 Å². The molecule has 0 unspecified atom stereocenters. The fourth-order valence-electron chi connectivity index (χ4n) is 2.85. The molecule has 0 fully saturated rings. The van der Waals surface area contributed by atoms with E-state index in [0.29, 0.717) is 12.2 Å². The van der Waals surface area contributed by atoms with Gasteiger partial charge < -0.3 is 9.47 Å². The number of hydrogen-bond donors (Lipinski definition) is 0. The van der Waals surface area contributed by atoms with Gasteiger partial charge in [-0.05, 0) is 36.8 Å². The molecule has 3 aromatic carbocycles. The van der Waals surface area contributed by atoms with Gasteiger partial charge in [-0.25, -0.2) is 9.78 Å². The van der Waals surface area contributed by atoms with Gasteiger partial charge in [-0.3, -0.25) is 0 Å². The van der Waals surface area contributed by atoms with Crippen molar-refractivity contribution < 1.29 is 14.3 Å². The lowest BCUT2D eigenvalue weighted by molar-refractivity contribution is 0.0468. The zero-order valence-corrected chi connectivity index (χ0v) is 17.4. The zero-order valence-electron chi connectivity index (χ0n) is 16.6. The molecule has 0 radical (unpaired) electrons. The molecule has 0 bridgehead atoms. The number of esters is 1. The molecular weight excluding hydrogens is 394 g/mol. The van der Waals surface area contributed by atoms with Gasteiger partial charge in [0.05, 0.1) is 11.3 Å². The van der Waals surface area contributed by atoms with Crippen LogP contribution in [0.2, 0.25) is 0 Å². The van der Waals surface area contributed by atoms with Crippen molar-refractivity contribution in [1.82, 2.24) is 4.98 Å². The third-order valence-electron chi connectivity index (χ3n) is 4.54. The van der Waals surface area contributed by atoms with E-state index in [1.54, 1.807) is 23.5 Å². The van der Waals surface area contributed by atoms with Crippen LogP contribution in [0.4, 0.5) is 0 Å². The molecule has 4 rings (SSSR count). The Morgan fingerprint density at radius 2 is 1.63 bits per heavy atom. The summed E-state index contributed by atoms with van der Waals surface area (Å²) in [5.74, 6) is 0.449. The second-order valence-corrected chi connectivity index (χ2v) is 7.74. The topological polar surface area (TPSA) is 48.4 Å². The maximum Gasteiger partial charge on any atom is 0.338 e. The Morgan fingerprint density at radius 3 is 2.37 bits per heavy atom. The number of nitrogens with zero attached hydrogens (tertiary/aromatic N) is 1. The highest BCUT2D eigenvalue weighted by atomic mass is 32.1. The minimum absolute atomic E-state index is 0.153. The third-order valence-corrected chi connectivity index (χ3v) is 5.48. The maximum atomic E-state index is 12.3. The molecule has 0 aliphatic rings. The molecule has 0 amide bonds. The van der Waals surface area contributed by atoms with Gasteiger partial charge in [-0.2, -0.15) is 0 Å². The molecular formula is C25H21NO3S. The molecule has 5 heteroatoms. The first-order chi connectivity index (χ1) is 14.7. The average molecular weight is 416 g/mol. The van der Waals surface area contributed by atoms with Crippen LogP contribution in [0.25, 0.3) is 10.6 Å². The van der Waals surface area contributed by atoms with Crippen molar-refractivity contribution in [3.05, 3.63) is 107 Å². The predicted octanol–water partition coefficient (Wildman–Crippen LogP) is 6.05. The maximum absolute atomic E-state index is 12.3. The molecule has 0 saturated carbocycles. The number of thiazole rings is 1. The number of benzene rings is 3. The van der Waals surface area contributed by atoms with Crippen molar-refractivity contribution in [3.63, 3.8) is 0 Å². The number of rotatable bonds is 7. The number of hydrogen-bond acceptors (Lipinski definition) is 5. The number of carbonyl (C=O) groups excluding carboxylic acids is 1. The molecule has 1 aromatic heterocycles. The second kappa shape index (κ2) is 9.37. The Morgan fingerprint density at radius 1 is 0.900 bits per heavy atom. The lowest BCUT2D eigenvalue weighted by Gasteiger charge is -2.07. The van der Waals surface area contributed by atoms with Crippen molar-refractivity contribution in [3.8, 4) is 16.3 Å². The van der Waals surface area contributed by atoms with Gasteiger partial charge in [0.2, 0.25) is 0 Å². The first-order valence-electron chi connectivity index (χ1n) is 9.63. The molecule has 0 saturated heterocycles. The van der Waals surface area contributed by atoms with Crippen LogP contribution in [0.5, 0.6) is 5.75 Å². The van der Waals surface area contributed by atoms with Crippen LogP contribution in [0.1, 0.15) is 27.2 Å². The molecule has 0 atom stereocenters. The molecule has 0 aliphatic heterocycles. The van der Waals surface area contributed by atoms with Gasteiger partial charge >= 0.3 is 5.97 Å². The van der Waals surface area contributed by atoms with E-state index in [1.165, 1.54) is 5.56 Å². The standard InChI is InChI=1S/C25H21NO3S/c1-18-7-11-20(12-8-18)24-26-22(17-30-24)16-29-25(27)21-13-9-19(10-14-21)15-28-23-5-3-2-4-6-23/h2-14,17H,15-16H2,1H3. The van der Waals surface area contributed by atoms with Crippen LogP contribution >= 0.6 is 11.3 Å². The van der Waals surface area contributed by atoms with Crippen molar-refractivity contribution in [2.75, 3.05) is 0 Å². The van der Waals surface area contributed by atoms with Crippen molar-refractivity contribution >= 4 is 17.3 Å². The number of aryl methyl sites for hydroxylation is 1. The molecule has 4 nitrogen and oxygen atoms in total. The van der Waals surface area contributed by atoms with Crippen molar-refractivity contribution in [2.45, 2.75) is 20.1 Å². The van der Waals surface area contributed by atoms with Crippen LogP contribution < -0.4 is 4.74 Å². The van der Waals surface area contributed by atoms with E-state index >= 15 is 0 Å². The fourth-order valence-corrected chi connectivity index (χ4v) is 3.66. The summed E-state index contributed by atoms with van der Waals surface area (Å²) in [7, 11) is 0. The van der Waals surface area contributed by atoms with Gasteiger partial charge in [-0.1, -0.05) is 60.2 Å². The number of carbonyl (C=O) groups is 1. The quantitative estimate of drug-likeness (QED) is 0.345. The summed E-state index contributed by atoms with van der Waals surface area (Å²) in [6.45, 7) is 2.65.